The summed E-state index contributed by atoms with van der Waals surface area (Å²) in [6.07, 6.45) is 19.1. The van der Waals surface area contributed by atoms with Crippen LogP contribution in [-0.2, 0) is 9.47 Å². The van der Waals surface area contributed by atoms with Crippen LogP contribution in [0.25, 0.3) is 0 Å². The molecule has 1 aliphatic heterocycles. The highest BCUT2D eigenvalue weighted by Crippen LogP contribution is 2.18. The Kier molecular flexibility index (Phi) is 16.8. The van der Waals surface area contributed by atoms with Crippen LogP contribution in [0.2, 0.25) is 0 Å². The molecule has 0 aromatic rings. The smallest absolute Gasteiger partial charge is 0.114 e. The average Bonchev–Trinajstić information content (AvgIpc) is 3.05. The van der Waals surface area contributed by atoms with Gasteiger partial charge in [-0.3, -0.25) is 0 Å². The number of rotatable bonds is 19. The molecule has 0 unspecified atom stereocenters. The molecule has 0 aromatic carbocycles. The number of aliphatic hydroxyl groups is 3. The van der Waals surface area contributed by atoms with Gasteiger partial charge in [0.2, 0.25) is 0 Å². The molecule has 0 spiro atoms. The van der Waals surface area contributed by atoms with E-state index in [1.54, 1.807) is 0 Å². The minimum atomic E-state index is -1.04. The molecule has 0 saturated carbocycles. The van der Waals surface area contributed by atoms with Crippen molar-refractivity contribution in [3.05, 3.63) is 12.2 Å². The van der Waals surface area contributed by atoms with E-state index in [4.69, 9.17) is 9.47 Å². The second-order valence-corrected chi connectivity index (χ2v) is 8.44. The van der Waals surface area contributed by atoms with Gasteiger partial charge in [-0.1, -0.05) is 83.3 Å². The minimum absolute atomic E-state index is 0.0623. The van der Waals surface area contributed by atoms with Crippen molar-refractivity contribution in [1.29, 1.82) is 0 Å². The largest absolute Gasteiger partial charge is 0.388 e. The summed E-state index contributed by atoms with van der Waals surface area (Å²) in [5, 5.41) is 29.0. The fourth-order valence-corrected chi connectivity index (χ4v) is 3.73. The Bertz CT molecular complexity index is 387. The van der Waals surface area contributed by atoms with Crippen molar-refractivity contribution in [2.45, 2.75) is 121 Å². The molecule has 3 N–H and O–H groups in total. The number of allylic oxidation sites excluding steroid dienone is 2. The summed E-state index contributed by atoms with van der Waals surface area (Å²) in [5.41, 5.74) is 0. The quantitative estimate of drug-likeness (QED) is 0.214. The lowest BCUT2D eigenvalue weighted by Gasteiger charge is -2.20. The zero-order chi connectivity index (χ0) is 21.2. The second-order valence-electron chi connectivity index (χ2n) is 8.44. The third kappa shape index (κ3) is 13.5. The molecule has 172 valence electrons. The van der Waals surface area contributed by atoms with E-state index in [9.17, 15) is 15.3 Å². The Morgan fingerprint density at radius 2 is 1.41 bits per heavy atom. The van der Waals surface area contributed by atoms with Crippen LogP contribution in [0, 0.1) is 0 Å². The highest BCUT2D eigenvalue weighted by atomic mass is 16.5. The van der Waals surface area contributed by atoms with Crippen molar-refractivity contribution in [2.24, 2.45) is 0 Å². The summed E-state index contributed by atoms with van der Waals surface area (Å²) in [5.74, 6) is 0. The molecule has 5 heteroatoms. The molecular weight excluding hydrogens is 368 g/mol. The van der Waals surface area contributed by atoms with Crippen molar-refractivity contribution in [3.63, 3.8) is 0 Å². The van der Waals surface area contributed by atoms with E-state index in [1.165, 1.54) is 70.6 Å². The summed E-state index contributed by atoms with van der Waals surface area (Å²) in [6.45, 7) is 3.03. The van der Waals surface area contributed by atoms with Crippen LogP contribution in [0.15, 0.2) is 12.2 Å². The zero-order valence-corrected chi connectivity index (χ0v) is 18.6. The summed E-state index contributed by atoms with van der Waals surface area (Å²) in [7, 11) is 0. The van der Waals surface area contributed by atoms with E-state index in [-0.39, 0.29) is 13.2 Å². The van der Waals surface area contributed by atoms with E-state index >= 15 is 0 Å². The summed E-state index contributed by atoms with van der Waals surface area (Å²) in [6, 6.07) is 0. The number of aliphatic hydroxyl groups excluding tert-OH is 3. The van der Waals surface area contributed by atoms with Crippen molar-refractivity contribution < 1.29 is 24.8 Å². The Morgan fingerprint density at radius 1 is 0.862 bits per heavy atom. The highest BCUT2D eigenvalue weighted by Gasteiger charge is 2.39. The van der Waals surface area contributed by atoms with Crippen molar-refractivity contribution in [2.75, 3.05) is 19.8 Å². The van der Waals surface area contributed by atoms with E-state index in [1.807, 2.05) is 0 Å². The topological polar surface area (TPSA) is 79.2 Å². The number of hydrogen-bond acceptors (Lipinski definition) is 5. The summed E-state index contributed by atoms with van der Waals surface area (Å²) in [4.78, 5) is 0. The third-order valence-corrected chi connectivity index (χ3v) is 5.66. The van der Waals surface area contributed by atoms with Crippen LogP contribution >= 0.6 is 0 Å². The molecule has 1 heterocycles. The van der Waals surface area contributed by atoms with Crippen molar-refractivity contribution in [3.8, 4) is 0 Å². The highest BCUT2D eigenvalue weighted by molar-refractivity contribution is 4.87. The molecule has 0 radical (unpaired) electrons. The second kappa shape index (κ2) is 18.3. The van der Waals surface area contributed by atoms with Crippen LogP contribution in [0.3, 0.4) is 0 Å². The lowest BCUT2D eigenvalue weighted by atomic mass is 10.1. The Labute approximate surface area is 178 Å². The van der Waals surface area contributed by atoms with E-state index < -0.39 is 24.4 Å². The first-order chi connectivity index (χ1) is 14.2. The molecule has 4 atom stereocenters. The normalized spacial score (nSPS) is 23.2. The molecule has 0 bridgehead atoms. The molecular formula is C24H46O5. The average molecular weight is 415 g/mol. The first-order valence-corrected chi connectivity index (χ1v) is 12.0. The summed E-state index contributed by atoms with van der Waals surface area (Å²) >= 11 is 0. The van der Waals surface area contributed by atoms with Gasteiger partial charge in [-0.15, -0.1) is 0 Å². The van der Waals surface area contributed by atoms with Gasteiger partial charge in [0, 0.05) is 6.61 Å². The molecule has 1 rings (SSSR count). The molecule has 1 aliphatic rings. The van der Waals surface area contributed by atoms with Gasteiger partial charge >= 0.3 is 0 Å². The van der Waals surface area contributed by atoms with Crippen LogP contribution in [0.4, 0.5) is 0 Å². The predicted molar refractivity (Wildman–Crippen MR) is 118 cm³/mol. The van der Waals surface area contributed by atoms with Crippen LogP contribution in [0.5, 0.6) is 0 Å². The van der Waals surface area contributed by atoms with Gasteiger partial charge in [-0.25, -0.2) is 0 Å². The molecule has 0 amide bonds. The van der Waals surface area contributed by atoms with E-state index in [2.05, 4.69) is 19.1 Å². The van der Waals surface area contributed by atoms with E-state index in [0.717, 1.165) is 19.3 Å². The van der Waals surface area contributed by atoms with Gasteiger partial charge in [0.25, 0.3) is 0 Å². The lowest BCUT2D eigenvalue weighted by molar-refractivity contribution is -0.0811. The van der Waals surface area contributed by atoms with Crippen LogP contribution in [0.1, 0.15) is 96.8 Å². The fraction of sp³-hybridized carbons (Fsp3) is 0.917. The fourth-order valence-electron chi connectivity index (χ4n) is 3.73. The minimum Gasteiger partial charge on any atom is -0.388 e. The van der Waals surface area contributed by atoms with Gasteiger partial charge in [0.05, 0.1) is 13.2 Å². The van der Waals surface area contributed by atoms with Gasteiger partial charge in [-0.05, 0) is 25.7 Å². The number of ether oxygens (including phenoxy) is 2. The zero-order valence-electron chi connectivity index (χ0n) is 18.6. The summed E-state index contributed by atoms with van der Waals surface area (Å²) < 4.78 is 10.6. The SMILES string of the molecule is CCCCCCCCCCCCC/C=C/CCCOC[C@H](O)[C@H]1OC[C@@H](O)[C@H]1O. The predicted octanol–water partition coefficient (Wildman–Crippen LogP) is 4.52. The van der Waals surface area contributed by atoms with Gasteiger partial charge in [0.15, 0.2) is 0 Å². The van der Waals surface area contributed by atoms with Gasteiger partial charge in [0.1, 0.15) is 24.4 Å². The Balaban J connectivity index is 1.80. The number of unbranched alkanes of at least 4 members (excludes halogenated alkanes) is 12. The van der Waals surface area contributed by atoms with Crippen LogP contribution < -0.4 is 0 Å². The van der Waals surface area contributed by atoms with Gasteiger partial charge < -0.3 is 24.8 Å². The van der Waals surface area contributed by atoms with E-state index in [0.29, 0.717) is 6.61 Å². The first kappa shape index (κ1) is 26.6. The van der Waals surface area contributed by atoms with Gasteiger partial charge in [-0.2, -0.15) is 0 Å². The lowest BCUT2D eigenvalue weighted by Crippen LogP contribution is -2.40. The molecule has 0 aliphatic carbocycles. The van der Waals surface area contributed by atoms with Crippen molar-refractivity contribution >= 4 is 0 Å². The standard InChI is InChI=1S/C24H46O5/c1-2-3-4-5-6-7-8-9-10-11-12-13-14-15-16-17-18-28-19-22(26)24-23(27)21(25)20-29-24/h14-15,21-27H,2-13,16-20H2,1H3/b15-14+/t21-,22+,23-,24-/m1/s1. The Hall–Kier alpha value is -0.460. The third-order valence-electron chi connectivity index (χ3n) is 5.66. The molecule has 5 nitrogen and oxygen atoms in total. The van der Waals surface area contributed by atoms with Crippen LogP contribution in [-0.4, -0.2) is 59.6 Å². The maximum atomic E-state index is 9.94. The monoisotopic (exact) mass is 414 g/mol. The molecule has 29 heavy (non-hydrogen) atoms. The van der Waals surface area contributed by atoms with Crippen molar-refractivity contribution in [1.82, 2.24) is 0 Å². The molecule has 0 aromatic heterocycles. The molecule has 1 saturated heterocycles. The number of hydrogen-bond donors (Lipinski definition) is 3. The first-order valence-electron chi connectivity index (χ1n) is 12.0. The maximum Gasteiger partial charge on any atom is 0.114 e. The Morgan fingerprint density at radius 3 is 1.97 bits per heavy atom. The molecule has 1 fully saturated rings. The maximum absolute atomic E-state index is 9.94.